The molecule has 0 amide bonds. The van der Waals surface area contributed by atoms with Crippen LogP contribution in [-0.4, -0.2) is 41.1 Å². The zero-order valence-electron chi connectivity index (χ0n) is 14.4. The lowest BCUT2D eigenvalue weighted by atomic mass is 10.2. The molecular weight excluding hydrogens is 393 g/mol. The third-order valence-electron chi connectivity index (χ3n) is 4.09. The highest BCUT2D eigenvalue weighted by molar-refractivity contribution is 6.42. The molecule has 8 heteroatoms. The number of aliphatic hydroxyl groups excluding tert-OH is 1. The van der Waals surface area contributed by atoms with Gasteiger partial charge in [0.2, 0.25) is 0 Å². The fraction of sp³-hybridized carbons (Fsp3) is 0.211. The molecule has 1 aromatic heterocycles. The molecule has 0 aliphatic carbocycles. The van der Waals surface area contributed by atoms with Crippen LogP contribution < -0.4 is 9.47 Å². The molecule has 2 aromatic carbocycles. The summed E-state index contributed by atoms with van der Waals surface area (Å²) in [6.07, 6.45) is 0. The molecule has 1 heterocycles. The number of ether oxygens (including phenoxy) is 2. The first-order valence-corrected chi connectivity index (χ1v) is 8.83. The second-order valence-electron chi connectivity index (χ2n) is 5.77. The van der Waals surface area contributed by atoms with E-state index in [1.165, 1.54) is 7.11 Å². The van der Waals surface area contributed by atoms with Gasteiger partial charge in [0.25, 0.3) is 0 Å². The summed E-state index contributed by atoms with van der Waals surface area (Å²) >= 11 is 12.1. The number of benzene rings is 2. The maximum absolute atomic E-state index is 12.0. The quantitative estimate of drug-likeness (QED) is 0.614. The van der Waals surface area contributed by atoms with E-state index in [0.717, 1.165) is 5.56 Å². The fourth-order valence-corrected chi connectivity index (χ4v) is 3.24. The Labute approximate surface area is 165 Å². The highest BCUT2D eigenvalue weighted by Gasteiger charge is 2.24. The number of carboxylic acids is 1. The Morgan fingerprint density at radius 2 is 1.93 bits per heavy atom. The maximum Gasteiger partial charge on any atom is 0.356 e. The zero-order valence-corrected chi connectivity index (χ0v) is 15.9. The topological polar surface area (TPSA) is 80.9 Å². The number of halogens is 2. The van der Waals surface area contributed by atoms with Gasteiger partial charge < -0.3 is 24.3 Å². The third kappa shape index (κ3) is 3.83. The van der Waals surface area contributed by atoms with Gasteiger partial charge >= 0.3 is 5.97 Å². The third-order valence-corrected chi connectivity index (χ3v) is 4.83. The minimum Gasteiger partial charge on any atom is -0.497 e. The number of carboxylic acid groups (broad SMARTS) is 1. The summed E-state index contributed by atoms with van der Waals surface area (Å²) in [6.45, 7) is -0.00426. The van der Waals surface area contributed by atoms with Crippen molar-refractivity contribution < 1.29 is 24.5 Å². The summed E-state index contributed by atoms with van der Waals surface area (Å²) in [5, 5.41) is 20.3. The number of carbonyl (C=O) groups is 1. The van der Waals surface area contributed by atoms with E-state index in [-0.39, 0.29) is 31.2 Å². The first kappa shape index (κ1) is 19.4. The predicted octanol–water partition coefficient (Wildman–Crippen LogP) is 4.07. The summed E-state index contributed by atoms with van der Waals surface area (Å²) < 4.78 is 12.4. The van der Waals surface area contributed by atoms with Gasteiger partial charge in [-0.3, -0.25) is 0 Å². The second-order valence-corrected chi connectivity index (χ2v) is 6.59. The van der Waals surface area contributed by atoms with Crippen LogP contribution in [0.25, 0.3) is 10.9 Å². The van der Waals surface area contributed by atoms with Gasteiger partial charge in [-0.05, 0) is 35.9 Å². The lowest BCUT2D eigenvalue weighted by Crippen LogP contribution is -2.12. The molecule has 0 saturated carbocycles. The van der Waals surface area contributed by atoms with Crippen molar-refractivity contribution in [2.24, 2.45) is 0 Å². The Bertz CT molecular complexity index is 999. The van der Waals surface area contributed by atoms with Crippen molar-refractivity contribution in [1.82, 2.24) is 4.57 Å². The highest BCUT2D eigenvalue weighted by Crippen LogP contribution is 2.36. The first-order valence-electron chi connectivity index (χ1n) is 8.07. The van der Waals surface area contributed by atoms with Gasteiger partial charge in [0.05, 0.1) is 29.3 Å². The lowest BCUT2D eigenvalue weighted by molar-refractivity contribution is 0.0679. The highest BCUT2D eigenvalue weighted by atomic mass is 35.5. The molecule has 6 nitrogen and oxygen atoms in total. The summed E-state index contributed by atoms with van der Waals surface area (Å²) in [6, 6.07) is 10.4. The Balaban J connectivity index is 2.21. The van der Waals surface area contributed by atoms with Crippen LogP contribution in [0.4, 0.5) is 0 Å². The fourth-order valence-electron chi connectivity index (χ4n) is 2.92. The Morgan fingerprint density at radius 1 is 1.15 bits per heavy atom. The van der Waals surface area contributed by atoms with Crippen molar-refractivity contribution in [2.75, 3.05) is 20.3 Å². The van der Waals surface area contributed by atoms with Gasteiger partial charge in [0, 0.05) is 11.9 Å². The SMILES string of the molecule is COc1ccc2c(c1)c(OCCO)c(C(=O)O)n2Cc1ccc(Cl)c(Cl)c1. The monoisotopic (exact) mass is 409 g/mol. The Hall–Kier alpha value is -2.41. The van der Waals surface area contributed by atoms with Gasteiger partial charge in [0.15, 0.2) is 11.4 Å². The van der Waals surface area contributed by atoms with E-state index < -0.39 is 5.97 Å². The zero-order chi connectivity index (χ0) is 19.6. The molecule has 27 heavy (non-hydrogen) atoms. The number of hydrogen-bond donors (Lipinski definition) is 2. The van der Waals surface area contributed by atoms with E-state index in [4.69, 9.17) is 37.8 Å². The first-order chi connectivity index (χ1) is 13.0. The van der Waals surface area contributed by atoms with Gasteiger partial charge in [-0.25, -0.2) is 4.79 Å². The standard InChI is InChI=1S/C19H17Cl2NO5/c1-26-12-3-5-16-13(9-12)18(27-7-6-23)17(19(24)25)22(16)10-11-2-4-14(20)15(21)8-11/h2-5,8-9,23H,6-7,10H2,1H3,(H,24,25). The summed E-state index contributed by atoms with van der Waals surface area (Å²) in [5.41, 5.74) is 1.43. The van der Waals surface area contributed by atoms with Crippen LogP contribution in [0.5, 0.6) is 11.5 Å². The normalized spacial score (nSPS) is 11.0. The smallest absolute Gasteiger partial charge is 0.356 e. The van der Waals surface area contributed by atoms with E-state index in [9.17, 15) is 9.90 Å². The summed E-state index contributed by atoms with van der Waals surface area (Å²) in [5.74, 6) is -0.386. The minimum atomic E-state index is -1.14. The molecule has 0 aliphatic rings. The van der Waals surface area contributed by atoms with Gasteiger partial charge in [-0.1, -0.05) is 29.3 Å². The maximum atomic E-state index is 12.0. The average Bonchev–Trinajstić information content (AvgIpc) is 2.95. The Morgan fingerprint density at radius 3 is 2.56 bits per heavy atom. The van der Waals surface area contributed by atoms with Crippen molar-refractivity contribution in [3.8, 4) is 11.5 Å². The van der Waals surface area contributed by atoms with Crippen LogP contribution in [0.15, 0.2) is 36.4 Å². The van der Waals surface area contributed by atoms with Crippen molar-refractivity contribution in [1.29, 1.82) is 0 Å². The molecule has 2 N–H and O–H groups in total. The van der Waals surface area contributed by atoms with E-state index in [0.29, 0.717) is 26.7 Å². The molecule has 0 radical (unpaired) electrons. The van der Waals surface area contributed by atoms with Crippen LogP contribution in [-0.2, 0) is 6.54 Å². The van der Waals surface area contributed by atoms with Crippen LogP contribution in [0.3, 0.4) is 0 Å². The van der Waals surface area contributed by atoms with Gasteiger partial charge in [-0.15, -0.1) is 0 Å². The minimum absolute atomic E-state index is 0.0159. The van der Waals surface area contributed by atoms with Crippen LogP contribution >= 0.6 is 23.2 Å². The van der Waals surface area contributed by atoms with Crippen molar-refractivity contribution in [3.05, 3.63) is 57.7 Å². The molecule has 0 atom stereocenters. The van der Waals surface area contributed by atoms with Crippen LogP contribution in [0.2, 0.25) is 10.0 Å². The van der Waals surface area contributed by atoms with E-state index in [1.807, 2.05) is 0 Å². The average molecular weight is 410 g/mol. The lowest BCUT2D eigenvalue weighted by Gasteiger charge is -2.10. The molecule has 0 fully saturated rings. The largest absolute Gasteiger partial charge is 0.497 e. The number of rotatable bonds is 7. The molecular formula is C19H17Cl2NO5. The van der Waals surface area contributed by atoms with Crippen molar-refractivity contribution in [3.63, 3.8) is 0 Å². The van der Waals surface area contributed by atoms with E-state index >= 15 is 0 Å². The van der Waals surface area contributed by atoms with E-state index in [2.05, 4.69) is 0 Å². The number of nitrogens with zero attached hydrogens (tertiary/aromatic N) is 1. The number of aromatic nitrogens is 1. The number of fused-ring (bicyclic) bond motifs is 1. The van der Waals surface area contributed by atoms with Crippen LogP contribution in [0.1, 0.15) is 16.1 Å². The number of methoxy groups -OCH3 is 1. The molecule has 0 spiro atoms. The van der Waals surface area contributed by atoms with Crippen molar-refractivity contribution >= 4 is 40.1 Å². The molecule has 142 valence electrons. The van der Waals surface area contributed by atoms with E-state index in [1.54, 1.807) is 41.0 Å². The second kappa shape index (κ2) is 8.08. The van der Waals surface area contributed by atoms with Gasteiger partial charge in [0.1, 0.15) is 12.4 Å². The number of aliphatic hydroxyl groups is 1. The molecule has 0 bridgehead atoms. The molecule has 3 aromatic rings. The Kier molecular flexibility index (Phi) is 5.79. The summed E-state index contributed by atoms with van der Waals surface area (Å²) in [7, 11) is 1.53. The molecule has 0 saturated heterocycles. The number of hydrogen-bond acceptors (Lipinski definition) is 4. The molecule has 3 rings (SSSR count). The summed E-state index contributed by atoms with van der Waals surface area (Å²) in [4.78, 5) is 12.0. The van der Waals surface area contributed by atoms with Gasteiger partial charge in [-0.2, -0.15) is 0 Å². The molecule has 0 unspecified atom stereocenters. The number of aromatic carboxylic acids is 1. The molecule has 0 aliphatic heterocycles. The van der Waals surface area contributed by atoms with Crippen molar-refractivity contribution in [2.45, 2.75) is 6.54 Å². The van der Waals surface area contributed by atoms with Crippen LogP contribution in [0, 0.1) is 0 Å². The predicted molar refractivity (Wildman–Crippen MR) is 104 cm³/mol.